The van der Waals surface area contributed by atoms with Gasteiger partial charge in [0.25, 0.3) is 5.91 Å². The Hall–Kier alpha value is -3.32. The lowest BCUT2D eigenvalue weighted by Crippen LogP contribution is -2.12. The van der Waals surface area contributed by atoms with Gasteiger partial charge in [-0.25, -0.2) is 4.98 Å². The maximum absolute atomic E-state index is 12.6. The molecule has 28 heavy (non-hydrogen) atoms. The van der Waals surface area contributed by atoms with Crippen LogP contribution in [0.2, 0.25) is 0 Å². The molecule has 0 radical (unpaired) electrons. The minimum atomic E-state index is -0.222. The van der Waals surface area contributed by atoms with E-state index in [1.54, 1.807) is 43.8 Å². The summed E-state index contributed by atoms with van der Waals surface area (Å²) >= 11 is 1.61. The third-order valence-electron chi connectivity index (χ3n) is 4.45. The predicted octanol–water partition coefficient (Wildman–Crippen LogP) is 4.64. The molecule has 0 aliphatic heterocycles. The first-order valence-electron chi connectivity index (χ1n) is 8.66. The highest BCUT2D eigenvalue weighted by Crippen LogP contribution is 2.29. The average Bonchev–Trinajstić information content (AvgIpc) is 3.29. The summed E-state index contributed by atoms with van der Waals surface area (Å²) in [5.41, 5.74) is 4.15. The zero-order valence-electron chi connectivity index (χ0n) is 15.7. The minimum Gasteiger partial charge on any atom is -0.493 e. The van der Waals surface area contributed by atoms with Crippen molar-refractivity contribution in [2.24, 2.45) is 0 Å². The molecule has 1 amide bonds. The third-order valence-corrected chi connectivity index (χ3v) is 5.41. The van der Waals surface area contributed by atoms with Crippen LogP contribution in [0.3, 0.4) is 0 Å². The standard InChI is InChI=1S/C21H19N3O3S/c1-13-12-28-21-23-17(11-24(13)21)14-5-4-6-16(9-14)22-20(25)15-7-8-18(26-2)19(10-15)27-3/h4-12H,1-3H3,(H,22,25). The van der Waals surface area contributed by atoms with Crippen molar-refractivity contribution in [1.29, 1.82) is 0 Å². The number of imidazole rings is 1. The topological polar surface area (TPSA) is 64.9 Å². The number of aromatic nitrogens is 2. The molecule has 0 aliphatic rings. The molecular weight excluding hydrogens is 374 g/mol. The summed E-state index contributed by atoms with van der Waals surface area (Å²) in [6.07, 6.45) is 2.01. The molecule has 2 aromatic carbocycles. The van der Waals surface area contributed by atoms with Crippen molar-refractivity contribution in [2.75, 3.05) is 19.5 Å². The molecule has 0 fully saturated rings. The van der Waals surface area contributed by atoms with E-state index < -0.39 is 0 Å². The Bertz CT molecular complexity index is 1160. The average molecular weight is 393 g/mol. The lowest BCUT2D eigenvalue weighted by molar-refractivity contribution is 0.102. The van der Waals surface area contributed by atoms with E-state index in [1.807, 2.05) is 30.5 Å². The van der Waals surface area contributed by atoms with Crippen LogP contribution in [-0.4, -0.2) is 29.5 Å². The molecule has 0 saturated heterocycles. The van der Waals surface area contributed by atoms with Gasteiger partial charge in [0.15, 0.2) is 16.5 Å². The molecule has 2 heterocycles. The van der Waals surface area contributed by atoms with E-state index in [-0.39, 0.29) is 5.91 Å². The van der Waals surface area contributed by atoms with Crippen molar-refractivity contribution in [2.45, 2.75) is 6.92 Å². The maximum atomic E-state index is 12.6. The summed E-state index contributed by atoms with van der Waals surface area (Å²) in [7, 11) is 3.10. The number of carbonyl (C=O) groups excluding carboxylic acids is 1. The van der Waals surface area contributed by atoms with Crippen LogP contribution in [0, 0.1) is 6.92 Å². The van der Waals surface area contributed by atoms with Crippen LogP contribution < -0.4 is 14.8 Å². The predicted molar refractivity (Wildman–Crippen MR) is 111 cm³/mol. The van der Waals surface area contributed by atoms with Crippen molar-refractivity contribution in [3.8, 4) is 22.8 Å². The number of rotatable bonds is 5. The molecule has 0 atom stereocenters. The van der Waals surface area contributed by atoms with Gasteiger partial charge < -0.3 is 14.8 Å². The zero-order chi connectivity index (χ0) is 19.7. The van der Waals surface area contributed by atoms with E-state index >= 15 is 0 Å². The highest BCUT2D eigenvalue weighted by Gasteiger charge is 2.12. The van der Waals surface area contributed by atoms with Crippen LogP contribution in [0.1, 0.15) is 16.1 Å². The molecule has 4 rings (SSSR count). The molecule has 0 aliphatic carbocycles. The fourth-order valence-corrected chi connectivity index (χ4v) is 3.82. The van der Waals surface area contributed by atoms with Crippen LogP contribution in [0.25, 0.3) is 16.2 Å². The molecule has 4 aromatic rings. The van der Waals surface area contributed by atoms with Gasteiger partial charge in [-0.1, -0.05) is 12.1 Å². The molecule has 0 spiro atoms. The van der Waals surface area contributed by atoms with Crippen LogP contribution >= 0.6 is 11.3 Å². The molecule has 0 unspecified atom stereocenters. The van der Waals surface area contributed by atoms with Gasteiger partial charge >= 0.3 is 0 Å². The number of nitrogens with one attached hydrogen (secondary N) is 1. The van der Waals surface area contributed by atoms with E-state index in [0.29, 0.717) is 22.7 Å². The molecule has 1 N–H and O–H groups in total. The molecule has 2 aromatic heterocycles. The monoisotopic (exact) mass is 393 g/mol. The van der Waals surface area contributed by atoms with E-state index in [4.69, 9.17) is 9.47 Å². The Morgan fingerprint density at radius 1 is 1.11 bits per heavy atom. The summed E-state index contributed by atoms with van der Waals surface area (Å²) in [4.78, 5) is 18.3. The molecule has 0 bridgehead atoms. The molecule has 7 heteroatoms. The number of carbonyl (C=O) groups is 1. The second-order valence-electron chi connectivity index (χ2n) is 6.26. The Balaban J connectivity index is 1.58. The largest absolute Gasteiger partial charge is 0.493 e. The number of benzene rings is 2. The number of anilines is 1. The number of aryl methyl sites for hydroxylation is 1. The maximum Gasteiger partial charge on any atom is 0.255 e. The number of ether oxygens (including phenoxy) is 2. The fraction of sp³-hybridized carbons (Fsp3) is 0.143. The highest BCUT2D eigenvalue weighted by molar-refractivity contribution is 7.15. The normalized spacial score (nSPS) is 10.8. The van der Waals surface area contributed by atoms with E-state index in [0.717, 1.165) is 21.9 Å². The smallest absolute Gasteiger partial charge is 0.255 e. The first kappa shape index (κ1) is 18.1. The second kappa shape index (κ2) is 7.36. The zero-order valence-corrected chi connectivity index (χ0v) is 16.5. The van der Waals surface area contributed by atoms with Crippen molar-refractivity contribution in [3.63, 3.8) is 0 Å². The lowest BCUT2D eigenvalue weighted by Gasteiger charge is -2.10. The van der Waals surface area contributed by atoms with Gasteiger partial charge in [-0.05, 0) is 37.3 Å². The number of methoxy groups -OCH3 is 2. The summed E-state index contributed by atoms with van der Waals surface area (Å²) in [5, 5.41) is 5.00. The SMILES string of the molecule is COc1ccc(C(=O)Nc2cccc(-c3cn4c(C)csc4n3)c2)cc1OC. The van der Waals surface area contributed by atoms with Crippen LogP contribution in [0.4, 0.5) is 5.69 Å². The molecule has 0 saturated carbocycles. The lowest BCUT2D eigenvalue weighted by atomic mass is 10.1. The summed E-state index contributed by atoms with van der Waals surface area (Å²) in [5.74, 6) is 0.869. The summed E-state index contributed by atoms with van der Waals surface area (Å²) in [6, 6.07) is 12.7. The van der Waals surface area contributed by atoms with Crippen LogP contribution in [-0.2, 0) is 0 Å². The number of nitrogens with zero attached hydrogens (tertiary/aromatic N) is 2. The van der Waals surface area contributed by atoms with E-state index in [2.05, 4.69) is 27.0 Å². The van der Waals surface area contributed by atoms with Crippen molar-refractivity contribution >= 4 is 27.9 Å². The number of hydrogen-bond donors (Lipinski definition) is 1. The third kappa shape index (κ3) is 3.32. The van der Waals surface area contributed by atoms with Crippen LogP contribution in [0.5, 0.6) is 11.5 Å². The molecule has 6 nitrogen and oxygen atoms in total. The summed E-state index contributed by atoms with van der Waals surface area (Å²) < 4.78 is 12.6. The Kier molecular flexibility index (Phi) is 4.75. The first-order valence-corrected chi connectivity index (χ1v) is 9.54. The number of fused-ring (bicyclic) bond motifs is 1. The van der Waals surface area contributed by atoms with Gasteiger partial charge in [0.2, 0.25) is 0 Å². The van der Waals surface area contributed by atoms with E-state index in [9.17, 15) is 4.79 Å². The van der Waals surface area contributed by atoms with Gasteiger partial charge in [0, 0.05) is 34.1 Å². The molecule has 142 valence electrons. The van der Waals surface area contributed by atoms with Gasteiger partial charge in [0.05, 0.1) is 19.9 Å². The number of hydrogen-bond acceptors (Lipinski definition) is 5. The minimum absolute atomic E-state index is 0.222. The van der Waals surface area contributed by atoms with Gasteiger partial charge in [-0.15, -0.1) is 11.3 Å². The van der Waals surface area contributed by atoms with Crippen LogP contribution in [0.15, 0.2) is 54.0 Å². The van der Waals surface area contributed by atoms with Gasteiger partial charge in [-0.3, -0.25) is 9.20 Å². The Labute approximate surface area is 166 Å². The summed E-state index contributed by atoms with van der Waals surface area (Å²) in [6.45, 7) is 2.05. The second-order valence-corrected chi connectivity index (χ2v) is 7.10. The van der Waals surface area contributed by atoms with E-state index in [1.165, 1.54) is 0 Å². The van der Waals surface area contributed by atoms with Crippen molar-refractivity contribution in [3.05, 3.63) is 65.3 Å². The quantitative estimate of drug-likeness (QED) is 0.536. The van der Waals surface area contributed by atoms with Crippen molar-refractivity contribution < 1.29 is 14.3 Å². The fourth-order valence-electron chi connectivity index (χ4n) is 2.97. The van der Waals surface area contributed by atoms with Crippen molar-refractivity contribution in [1.82, 2.24) is 9.38 Å². The number of thiazole rings is 1. The van der Waals surface area contributed by atoms with Gasteiger partial charge in [-0.2, -0.15) is 0 Å². The highest BCUT2D eigenvalue weighted by atomic mass is 32.1. The Morgan fingerprint density at radius 2 is 1.93 bits per heavy atom. The van der Waals surface area contributed by atoms with Gasteiger partial charge in [0.1, 0.15) is 0 Å². The first-order chi connectivity index (χ1) is 13.6. The molecular formula is C21H19N3O3S. The number of amides is 1. The Morgan fingerprint density at radius 3 is 2.68 bits per heavy atom.